The second-order valence-electron chi connectivity index (χ2n) is 4.00. The maximum atomic E-state index is 13.8. The average Bonchev–Trinajstić information content (AvgIpc) is 2.85. The van der Waals surface area contributed by atoms with E-state index in [-0.39, 0.29) is 23.2 Å². The first kappa shape index (κ1) is 14.6. The van der Waals surface area contributed by atoms with Crippen LogP contribution in [0.25, 0.3) is 11.4 Å². The van der Waals surface area contributed by atoms with Crippen molar-refractivity contribution in [2.24, 2.45) is 0 Å². The van der Waals surface area contributed by atoms with Gasteiger partial charge in [-0.3, -0.25) is 15.2 Å². The molecule has 0 fully saturated rings. The van der Waals surface area contributed by atoms with Crippen molar-refractivity contribution in [2.45, 2.75) is 13.0 Å². The highest BCUT2D eigenvalue weighted by atomic mass is 79.9. The Kier molecular flexibility index (Phi) is 4.46. The van der Waals surface area contributed by atoms with E-state index in [9.17, 15) is 9.18 Å². The molecule has 0 bridgehead atoms. The molecule has 2 aromatic rings. The number of nitrogens with one attached hydrogen (secondary N) is 2. The lowest BCUT2D eigenvalue weighted by molar-refractivity contribution is -0.124. The van der Waals surface area contributed by atoms with Crippen molar-refractivity contribution in [2.75, 3.05) is 12.4 Å². The number of halogens is 2. The van der Waals surface area contributed by atoms with Crippen LogP contribution >= 0.6 is 15.9 Å². The zero-order valence-electron chi connectivity index (χ0n) is 10.8. The van der Waals surface area contributed by atoms with E-state index >= 15 is 0 Å². The van der Waals surface area contributed by atoms with Crippen LogP contribution in [0.15, 0.2) is 22.7 Å². The molecule has 0 spiro atoms. The topological polar surface area (TPSA) is 79.9 Å². The zero-order chi connectivity index (χ0) is 14.7. The van der Waals surface area contributed by atoms with E-state index in [0.29, 0.717) is 4.47 Å². The molecular weight excluding hydrogens is 331 g/mol. The fraction of sp³-hybridized carbons (Fsp3) is 0.250. The number of carbonyl (C=O) groups excluding carboxylic acids is 1. The molecule has 1 atom stereocenters. The average molecular weight is 343 g/mol. The number of H-pyrrole nitrogens is 1. The first-order valence-electron chi connectivity index (χ1n) is 5.72. The second-order valence-corrected chi connectivity index (χ2v) is 4.91. The molecule has 0 radical (unpaired) electrons. The summed E-state index contributed by atoms with van der Waals surface area (Å²) in [7, 11) is 1.42. The van der Waals surface area contributed by atoms with Crippen molar-refractivity contribution in [1.29, 1.82) is 0 Å². The quantitative estimate of drug-likeness (QED) is 0.893. The van der Waals surface area contributed by atoms with Crippen molar-refractivity contribution in [3.8, 4) is 11.4 Å². The van der Waals surface area contributed by atoms with Gasteiger partial charge in [0.05, 0.1) is 5.56 Å². The first-order valence-corrected chi connectivity index (χ1v) is 6.52. The number of aromatic amines is 1. The monoisotopic (exact) mass is 342 g/mol. The Morgan fingerprint density at radius 1 is 1.55 bits per heavy atom. The van der Waals surface area contributed by atoms with Crippen LogP contribution in [0.4, 0.5) is 10.3 Å². The summed E-state index contributed by atoms with van der Waals surface area (Å²) in [5, 5.41) is 8.85. The summed E-state index contributed by atoms with van der Waals surface area (Å²) >= 11 is 3.17. The van der Waals surface area contributed by atoms with Crippen LogP contribution in [-0.2, 0) is 9.53 Å². The van der Waals surface area contributed by atoms with Crippen LogP contribution in [0.1, 0.15) is 6.92 Å². The van der Waals surface area contributed by atoms with E-state index < -0.39 is 11.9 Å². The molecule has 0 aliphatic rings. The molecule has 1 aromatic heterocycles. The Hall–Kier alpha value is -1.80. The van der Waals surface area contributed by atoms with Crippen LogP contribution in [0.2, 0.25) is 0 Å². The zero-order valence-corrected chi connectivity index (χ0v) is 12.4. The summed E-state index contributed by atoms with van der Waals surface area (Å²) in [6.07, 6.45) is -0.624. The number of amides is 1. The van der Waals surface area contributed by atoms with Crippen LogP contribution in [-0.4, -0.2) is 34.3 Å². The molecular formula is C12H12BrFN4O2. The predicted octanol–water partition coefficient (Wildman–Crippen LogP) is 2.35. The van der Waals surface area contributed by atoms with Crippen molar-refractivity contribution in [3.63, 3.8) is 0 Å². The number of ether oxygens (including phenoxy) is 1. The SMILES string of the molecule is COC(C)C(=O)Nc1n[nH]c(-c2ccc(Br)cc2F)n1. The number of methoxy groups -OCH3 is 1. The fourth-order valence-electron chi connectivity index (χ4n) is 1.44. The largest absolute Gasteiger partial charge is 0.372 e. The number of aromatic nitrogens is 3. The van der Waals surface area contributed by atoms with Crippen LogP contribution in [0.3, 0.4) is 0 Å². The normalized spacial score (nSPS) is 12.2. The number of nitrogens with zero attached hydrogens (tertiary/aromatic N) is 2. The molecule has 0 saturated heterocycles. The Morgan fingerprint density at radius 2 is 2.30 bits per heavy atom. The Balaban J connectivity index is 2.18. The second kappa shape index (κ2) is 6.10. The molecule has 0 saturated carbocycles. The third-order valence-electron chi connectivity index (χ3n) is 2.63. The first-order chi connectivity index (χ1) is 9.51. The van der Waals surface area contributed by atoms with E-state index in [1.165, 1.54) is 13.2 Å². The van der Waals surface area contributed by atoms with Crippen molar-refractivity contribution in [1.82, 2.24) is 15.2 Å². The van der Waals surface area contributed by atoms with Gasteiger partial charge in [-0.1, -0.05) is 15.9 Å². The molecule has 1 heterocycles. The molecule has 0 aliphatic heterocycles. The van der Waals surface area contributed by atoms with Crippen LogP contribution in [0, 0.1) is 5.82 Å². The minimum Gasteiger partial charge on any atom is -0.372 e. The number of rotatable bonds is 4. The Labute approximate surface area is 122 Å². The highest BCUT2D eigenvalue weighted by Crippen LogP contribution is 2.23. The van der Waals surface area contributed by atoms with Crippen molar-refractivity contribution < 1.29 is 13.9 Å². The number of hydrogen-bond donors (Lipinski definition) is 2. The van der Waals surface area contributed by atoms with Gasteiger partial charge in [-0.25, -0.2) is 4.39 Å². The van der Waals surface area contributed by atoms with Gasteiger partial charge in [0, 0.05) is 11.6 Å². The van der Waals surface area contributed by atoms with Gasteiger partial charge in [0.2, 0.25) is 5.95 Å². The minimum atomic E-state index is -0.624. The molecule has 1 aromatic carbocycles. The highest BCUT2D eigenvalue weighted by Gasteiger charge is 2.15. The van der Waals surface area contributed by atoms with Gasteiger partial charge in [-0.2, -0.15) is 4.98 Å². The number of anilines is 1. The summed E-state index contributed by atoms with van der Waals surface area (Å²) in [6, 6.07) is 4.57. The maximum Gasteiger partial charge on any atom is 0.255 e. The minimum absolute atomic E-state index is 0.0659. The van der Waals surface area contributed by atoms with Gasteiger partial charge in [-0.05, 0) is 25.1 Å². The standard InChI is InChI=1S/C12H12BrFN4O2/c1-6(20-2)11(19)16-12-15-10(17-18-12)8-4-3-7(13)5-9(8)14/h3-6H,1-2H3,(H2,15,16,17,18,19). The molecule has 8 heteroatoms. The van der Waals surface area contributed by atoms with Crippen LogP contribution in [0.5, 0.6) is 0 Å². The van der Waals surface area contributed by atoms with Crippen molar-refractivity contribution >= 4 is 27.8 Å². The van der Waals surface area contributed by atoms with E-state index in [4.69, 9.17) is 4.74 Å². The third-order valence-corrected chi connectivity index (χ3v) is 3.12. The summed E-state index contributed by atoms with van der Waals surface area (Å²) < 4.78 is 19.3. The lowest BCUT2D eigenvalue weighted by Gasteiger charge is -2.06. The summed E-state index contributed by atoms with van der Waals surface area (Å²) in [5.74, 6) is -0.528. The number of carbonyl (C=O) groups is 1. The number of hydrogen-bond acceptors (Lipinski definition) is 4. The van der Waals surface area contributed by atoms with Crippen molar-refractivity contribution in [3.05, 3.63) is 28.5 Å². The molecule has 1 unspecified atom stereocenters. The van der Waals surface area contributed by atoms with Gasteiger partial charge in [0.25, 0.3) is 5.91 Å². The summed E-state index contributed by atoms with van der Waals surface area (Å²) in [6.45, 7) is 1.59. The molecule has 2 N–H and O–H groups in total. The van der Waals surface area contributed by atoms with E-state index in [0.717, 1.165) is 0 Å². The lowest BCUT2D eigenvalue weighted by atomic mass is 10.2. The predicted molar refractivity (Wildman–Crippen MR) is 74.6 cm³/mol. The lowest BCUT2D eigenvalue weighted by Crippen LogP contribution is -2.27. The van der Waals surface area contributed by atoms with E-state index in [1.807, 2.05) is 0 Å². The van der Waals surface area contributed by atoms with Gasteiger partial charge in [0.1, 0.15) is 11.9 Å². The van der Waals surface area contributed by atoms with Gasteiger partial charge in [0.15, 0.2) is 5.82 Å². The van der Waals surface area contributed by atoms with Gasteiger partial charge >= 0.3 is 0 Å². The smallest absolute Gasteiger partial charge is 0.255 e. The molecule has 20 heavy (non-hydrogen) atoms. The molecule has 0 aliphatic carbocycles. The summed E-state index contributed by atoms with van der Waals surface area (Å²) in [4.78, 5) is 15.6. The van der Waals surface area contributed by atoms with E-state index in [2.05, 4.69) is 36.4 Å². The Morgan fingerprint density at radius 3 is 2.95 bits per heavy atom. The molecule has 1 amide bonds. The molecule has 2 rings (SSSR count). The molecule has 6 nitrogen and oxygen atoms in total. The van der Waals surface area contributed by atoms with E-state index in [1.54, 1.807) is 19.1 Å². The van der Waals surface area contributed by atoms with Crippen LogP contribution < -0.4 is 5.32 Å². The fourth-order valence-corrected chi connectivity index (χ4v) is 1.77. The number of benzene rings is 1. The van der Waals surface area contributed by atoms with Gasteiger partial charge < -0.3 is 4.74 Å². The highest BCUT2D eigenvalue weighted by molar-refractivity contribution is 9.10. The summed E-state index contributed by atoms with van der Waals surface area (Å²) in [5.41, 5.74) is 0.265. The third kappa shape index (κ3) is 3.20. The molecule has 106 valence electrons. The Bertz CT molecular complexity index is 632. The maximum absolute atomic E-state index is 13.8. The van der Waals surface area contributed by atoms with Gasteiger partial charge in [-0.15, -0.1) is 5.10 Å².